The Hall–Kier alpha value is -0.630. The zero-order valence-corrected chi connectivity index (χ0v) is 8.47. The van der Waals surface area contributed by atoms with Gasteiger partial charge in [-0.05, 0) is 12.2 Å². The number of methoxy groups -OCH3 is 2. The first-order valence-electron chi connectivity index (χ1n) is 3.93. The second kappa shape index (κ2) is 4.56. The summed E-state index contributed by atoms with van der Waals surface area (Å²) in [6.45, 7) is 0.441. The SMILES string of the molecule is C#C[C@H]1C(=S)O[C@H](COC)[C@H]1OC. The smallest absolute Gasteiger partial charge is 0.178 e. The van der Waals surface area contributed by atoms with E-state index in [1.54, 1.807) is 14.2 Å². The van der Waals surface area contributed by atoms with Gasteiger partial charge in [-0.1, -0.05) is 5.92 Å². The zero-order chi connectivity index (χ0) is 9.84. The van der Waals surface area contributed by atoms with Crippen LogP contribution in [-0.2, 0) is 14.2 Å². The van der Waals surface area contributed by atoms with Crippen molar-refractivity contribution in [1.82, 2.24) is 0 Å². The van der Waals surface area contributed by atoms with E-state index in [0.29, 0.717) is 11.7 Å². The van der Waals surface area contributed by atoms with Gasteiger partial charge in [-0.3, -0.25) is 0 Å². The van der Waals surface area contributed by atoms with Gasteiger partial charge in [0, 0.05) is 14.2 Å². The molecular formula is C9H12O3S. The molecule has 0 saturated carbocycles. The molecule has 0 radical (unpaired) electrons. The predicted octanol–water partition coefficient (Wildman–Crippen LogP) is 0.623. The van der Waals surface area contributed by atoms with Crippen LogP contribution >= 0.6 is 12.2 Å². The van der Waals surface area contributed by atoms with Crippen molar-refractivity contribution in [3.8, 4) is 12.3 Å². The first-order valence-corrected chi connectivity index (χ1v) is 4.33. The molecule has 72 valence electrons. The minimum Gasteiger partial charge on any atom is -0.477 e. The summed E-state index contributed by atoms with van der Waals surface area (Å²) in [6.07, 6.45) is 4.95. The fraction of sp³-hybridized carbons (Fsp3) is 0.667. The van der Waals surface area contributed by atoms with Gasteiger partial charge in [0.2, 0.25) is 0 Å². The molecule has 0 N–H and O–H groups in total. The molecule has 0 unspecified atom stereocenters. The van der Waals surface area contributed by atoms with Crippen molar-refractivity contribution < 1.29 is 14.2 Å². The normalized spacial score (nSPS) is 32.7. The lowest BCUT2D eigenvalue weighted by Gasteiger charge is -2.16. The molecule has 0 spiro atoms. The van der Waals surface area contributed by atoms with E-state index in [1.165, 1.54) is 0 Å². The van der Waals surface area contributed by atoms with Gasteiger partial charge in [-0.15, -0.1) is 6.42 Å². The number of hydrogen-bond acceptors (Lipinski definition) is 4. The fourth-order valence-corrected chi connectivity index (χ4v) is 1.71. The van der Waals surface area contributed by atoms with Crippen LogP contribution in [0.2, 0.25) is 0 Å². The Morgan fingerprint density at radius 3 is 2.77 bits per heavy atom. The van der Waals surface area contributed by atoms with Gasteiger partial charge in [0.25, 0.3) is 0 Å². The third-order valence-electron chi connectivity index (χ3n) is 2.00. The molecule has 0 bridgehead atoms. The average molecular weight is 200 g/mol. The quantitative estimate of drug-likeness (QED) is 0.493. The van der Waals surface area contributed by atoms with Gasteiger partial charge < -0.3 is 14.2 Å². The Morgan fingerprint density at radius 1 is 1.62 bits per heavy atom. The van der Waals surface area contributed by atoms with E-state index >= 15 is 0 Å². The number of ether oxygens (including phenoxy) is 3. The Bertz CT molecular complexity index is 234. The van der Waals surface area contributed by atoms with E-state index < -0.39 is 0 Å². The van der Waals surface area contributed by atoms with Crippen molar-refractivity contribution in [2.75, 3.05) is 20.8 Å². The molecule has 4 heteroatoms. The molecule has 13 heavy (non-hydrogen) atoms. The molecule has 1 aliphatic rings. The van der Waals surface area contributed by atoms with E-state index in [9.17, 15) is 0 Å². The molecular weight excluding hydrogens is 188 g/mol. The summed E-state index contributed by atoms with van der Waals surface area (Å²) in [5.41, 5.74) is 0. The lowest BCUT2D eigenvalue weighted by Crippen LogP contribution is -2.31. The van der Waals surface area contributed by atoms with Crippen molar-refractivity contribution in [3.63, 3.8) is 0 Å². The van der Waals surface area contributed by atoms with E-state index in [-0.39, 0.29) is 18.1 Å². The standard InChI is InChI=1S/C9H12O3S/c1-4-6-8(11-3)7(5-10-2)12-9(6)13/h1,6-8H,5H2,2-3H3/t6-,7-,8+/m1/s1. The third kappa shape index (κ3) is 1.99. The topological polar surface area (TPSA) is 27.7 Å². The molecule has 3 atom stereocenters. The van der Waals surface area contributed by atoms with Crippen LogP contribution in [0.15, 0.2) is 0 Å². The lowest BCUT2D eigenvalue weighted by atomic mass is 10.0. The van der Waals surface area contributed by atoms with Crippen molar-refractivity contribution in [3.05, 3.63) is 0 Å². The minimum atomic E-state index is -0.236. The Labute approximate surface area is 83.4 Å². The van der Waals surface area contributed by atoms with Gasteiger partial charge in [0.05, 0.1) is 6.61 Å². The molecule has 0 aromatic rings. The van der Waals surface area contributed by atoms with Crippen molar-refractivity contribution in [2.45, 2.75) is 12.2 Å². The van der Waals surface area contributed by atoms with Crippen molar-refractivity contribution in [2.24, 2.45) is 5.92 Å². The lowest BCUT2D eigenvalue weighted by molar-refractivity contribution is -0.0130. The molecule has 0 amide bonds. The van der Waals surface area contributed by atoms with Crippen LogP contribution in [0.4, 0.5) is 0 Å². The number of terminal acetylenes is 1. The van der Waals surface area contributed by atoms with Crippen LogP contribution in [-0.4, -0.2) is 38.1 Å². The summed E-state index contributed by atoms with van der Waals surface area (Å²) < 4.78 is 15.5. The van der Waals surface area contributed by atoms with Crippen LogP contribution < -0.4 is 0 Å². The van der Waals surface area contributed by atoms with Crippen LogP contribution in [0.25, 0.3) is 0 Å². The average Bonchev–Trinajstić information content (AvgIpc) is 2.41. The Balaban J connectivity index is 2.70. The predicted molar refractivity (Wildman–Crippen MR) is 52.5 cm³/mol. The molecule has 0 aliphatic carbocycles. The molecule has 0 aromatic carbocycles. The van der Waals surface area contributed by atoms with E-state index in [0.717, 1.165) is 0 Å². The van der Waals surface area contributed by atoms with E-state index in [4.69, 9.17) is 32.9 Å². The molecule has 1 heterocycles. The Morgan fingerprint density at radius 2 is 2.31 bits per heavy atom. The Kier molecular flexibility index (Phi) is 3.67. The highest BCUT2D eigenvalue weighted by Crippen LogP contribution is 2.25. The first kappa shape index (κ1) is 10.5. The van der Waals surface area contributed by atoms with E-state index in [2.05, 4.69) is 5.92 Å². The monoisotopic (exact) mass is 200 g/mol. The summed E-state index contributed by atoms with van der Waals surface area (Å²) >= 11 is 4.97. The summed E-state index contributed by atoms with van der Waals surface area (Å²) in [5, 5.41) is 0.427. The number of hydrogen-bond donors (Lipinski definition) is 0. The number of thiocarbonyl (C=S) groups is 1. The van der Waals surface area contributed by atoms with Gasteiger partial charge in [0.1, 0.15) is 12.0 Å². The summed E-state index contributed by atoms with van der Waals surface area (Å²) in [6, 6.07) is 0. The molecule has 1 rings (SSSR count). The zero-order valence-electron chi connectivity index (χ0n) is 7.65. The van der Waals surface area contributed by atoms with Gasteiger partial charge >= 0.3 is 0 Å². The highest BCUT2D eigenvalue weighted by molar-refractivity contribution is 7.80. The first-order chi connectivity index (χ1) is 6.24. The molecule has 1 saturated heterocycles. The maximum absolute atomic E-state index is 5.35. The van der Waals surface area contributed by atoms with Gasteiger partial charge in [-0.2, -0.15) is 0 Å². The molecule has 0 aromatic heterocycles. The highest BCUT2D eigenvalue weighted by atomic mass is 32.1. The largest absolute Gasteiger partial charge is 0.477 e. The minimum absolute atomic E-state index is 0.177. The molecule has 3 nitrogen and oxygen atoms in total. The molecule has 1 aliphatic heterocycles. The van der Waals surface area contributed by atoms with Gasteiger partial charge in [-0.25, -0.2) is 0 Å². The summed E-state index contributed by atoms with van der Waals surface area (Å²) in [5.74, 6) is 2.32. The maximum Gasteiger partial charge on any atom is 0.178 e. The van der Waals surface area contributed by atoms with Crippen molar-refractivity contribution in [1.29, 1.82) is 0 Å². The van der Waals surface area contributed by atoms with Crippen molar-refractivity contribution >= 4 is 17.3 Å². The van der Waals surface area contributed by atoms with E-state index in [1.807, 2.05) is 0 Å². The number of rotatable bonds is 3. The van der Waals surface area contributed by atoms with Crippen LogP contribution in [0.3, 0.4) is 0 Å². The highest BCUT2D eigenvalue weighted by Gasteiger charge is 2.41. The van der Waals surface area contributed by atoms with Crippen LogP contribution in [0.5, 0.6) is 0 Å². The maximum atomic E-state index is 5.35. The van der Waals surface area contributed by atoms with Crippen LogP contribution in [0.1, 0.15) is 0 Å². The second-order valence-electron chi connectivity index (χ2n) is 2.78. The second-order valence-corrected chi connectivity index (χ2v) is 3.18. The molecule has 1 fully saturated rings. The fourth-order valence-electron chi connectivity index (χ4n) is 1.38. The third-order valence-corrected chi connectivity index (χ3v) is 2.35. The summed E-state index contributed by atoms with van der Waals surface area (Å²) in [4.78, 5) is 0. The summed E-state index contributed by atoms with van der Waals surface area (Å²) in [7, 11) is 3.19. The van der Waals surface area contributed by atoms with Gasteiger partial charge in [0.15, 0.2) is 11.2 Å². The van der Waals surface area contributed by atoms with Crippen LogP contribution in [0, 0.1) is 18.3 Å².